The molecular weight excluding hydrogens is 228 g/mol. The van der Waals surface area contributed by atoms with Gasteiger partial charge in [0.1, 0.15) is 0 Å². The third-order valence-electron chi connectivity index (χ3n) is 3.80. The number of anilines is 1. The van der Waals surface area contributed by atoms with Crippen LogP contribution in [-0.4, -0.2) is 24.2 Å². The molecule has 4 nitrogen and oxygen atoms in total. The molecule has 0 saturated heterocycles. The van der Waals surface area contributed by atoms with Crippen molar-refractivity contribution in [2.75, 3.05) is 18.9 Å². The van der Waals surface area contributed by atoms with Crippen molar-refractivity contribution in [2.24, 2.45) is 5.41 Å². The molecule has 18 heavy (non-hydrogen) atoms. The maximum absolute atomic E-state index is 11.9. The largest absolute Gasteiger partial charge is 0.399 e. The summed E-state index contributed by atoms with van der Waals surface area (Å²) in [6, 6.07) is 6.86. The maximum Gasteiger partial charge on any atom is 0.251 e. The van der Waals surface area contributed by atoms with Crippen LogP contribution in [0.15, 0.2) is 24.3 Å². The zero-order valence-electron chi connectivity index (χ0n) is 10.5. The Morgan fingerprint density at radius 1 is 1.28 bits per heavy atom. The molecule has 0 heterocycles. The number of nitrogens with two attached hydrogens (primary N) is 1. The van der Waals surface area contributed by atoms with Crippen LogP contribution in [0, 0.1) is 5.41 Å². The number of hydrogen-bond donors (Lipinski definition) is 3. The summed E-state index contributed by atoms with van der Waals surface area (Å²) in [5, 5.41) is 12.4. The number of hydrogen-bond acceptors (Lipinski definition) is 3. The van der Waals surface area contributed by atoms with Gasteiger partial charge in [0.2, 0.25) is 0 Å². The first kappa shape index (κ1) is 12.9. The predicted molar refractivity (Wildman–Crippen MR) is 71.2 cm³/mol. The van der Waals surface area contributed by atoms with Crippen molar-refractivity contribution in [3.8, 4) is 0 Å². The standard InChI is InChI=1S/C14H20N2O2/c15-12-5-3-11(4-6-12)13(18)16-9-14(10-17)7-1-2-8-14/h3-6,17H,1-2,7-10,15H2,(H,16,18). The van der Waals surface area contributed by atoms with Crippen LogP contribution < -0.4 is 11.1 Å². The normalized spacial score (nSPS) is 17.6. The summed E-state index contributed by atoms with van der Waals surface area (Å²) >= 11 is 0. The molecule has 98 valence electrons. The molecule has 1 aliphatic rings. The molecule has 1 aromatic rings. The van der Waals surface area contributed by atoms with Crippen LogP contribution in [0.3, 0.4) is 0 Å². The van der Waals surface area contributed by atoms with Crippen molar-refractivity contribution < 1.29 is 9.90 Å². The summed E-state index contributed by atoms with van der Waals surface area (Å²) in [6.45, 7) is 0.696. The lowest BCUT2D eigenvalue weighted by molar-refractivity contribution is 0.0880. The highest BCUT2D eigenvalue weighted by atomic mass is 16.3. The minimum absolute atomic E-state index is 0.102. The van der Waals surface area contributed by atoms with Crippen molar-refractivity contribution >= 4 is 11.6 Å². The minimum Gasteiger partial charge on any atom is -0.399 e. The molecule has 0 spiro atoms. The highest BCUT2D eigenvalue weighted by Gasteiger charge is 2.33. The summed E-state index contributed by atoms with van der Waals surface area (Å²) in [7, 11) is 0. The van der Waals surface area contributed by atoms with Crippen LogP contribution in [0.1, 0.15) is 36.0 Å². The lowest BCUT2D eigenvalue weighted by Crippen LogP contribution is -2.38. The monoisotopic (exact) mass is 248 g/mol. The first-order valence-corrected chi connectivity index (χ1v) is 6.40. The Kier molecular flexibility index (Phi) is 3.87. The van der Waals surface area contributed by atoms with Crippen molar-refractivity contribution in [1.82, 2.24) is 5.32 Å². The molecule has 1 aliphatic carbocycles. The van der Waals surface area contributed by atoms with Gasteiger partial charge in [-0.25, -0.2) is 0 Å². The molecule has 1 fully saturated rings. The molecule has 0 aliphatic heterocycles. The lowest BCUT2D eigenvalue weighted by atomic mass is 9.87. The molecule has 0 bridgehead atoms. The zero-order chi connectivity index (χ0) is 13.0. The summed E-state index contributed by atoms with van der Waals surface area (Å²) < 4.78 is 0. The maximum atomic E-state index is 11.9. The Morgan fingerprint density at radius 2 is 1.89 bits per heavy atom. The van der Waals surface area contributed by atoms with E-state index in [9.17, 15) is 9.90 Å². The third-order valence-corrected chi connectivity index (χ3v) is 3.80. The number of amides is 1. The van der Waals surface area contributed by atoms with E-state index in [2.05, 4.69) is 5.32 Å². The third kappa shape index (κ3) is 2.82. The van der Waals surface area contributed by atoms with Crippen LogP contribution in [0.25, 0.3) is 0 Å². The molecule has 0 atom stereocenters. The van der Waals surface area contributed by atoms with Crippen LogP contribution in [-0.2, 0) is 0 Å². The van der Waals surface area contributed by atoms with E-state index in [4.69, 9.17) is 5.73 Å². The fourth-order valence-corrected chi connectivity index (χ4v) is 2.52. The molecule has 1 amide bonds. The molecular formula is C14H20N2O2. The van der Waals surface area contributed by atoms with Gasteiger partial charge in [-0.2, -0.15) is 0 Å². The minimum atomic E-state index is -0.108. The number of aliphatic hydroxyl groups is 1. The van der Waals surface area contributed by atoms with Gasteiger partial charge in [0.05, 0.1) is 6.61 Å². The number of rotatable bonds is 4. The first-order valence-electron chi connectivity index (χ1n) is 6.40. The van der Waals surface area contributed by atoms with Crippen molar-refractivity contribution in [3.05, 3.63) is 29.8 Å². The van der Waals surface area contributed by atoms with E-state index in [-0.39, 0.29) is 17.9 Å². The van der Waals surface area contributed by atoms with Gasteiger partial charge in [-0.05, 0) is 37.1 Å². The van der Waals surface area contributed by atoms with E-state index in [1.165, 1.54) is 0 Å². The lowest BCUT2D eigenvalue weighted by Gasteiger charge is -2.26. The number of aliphatic hydroxyl groups excluding tert-OH is 1. The van der Waals surface area contributed by atoms with Crippen LogP contribution in [0.2, 0.25) is 0 Å². The quantitative estimate of drug-likeness (QED) is 0.708. The van der Waals surface area contributed by atoms with Gasteiger partial charge in [-0.3, -0.25) is 4.79 Å². The smallest absolute Gasteiger partial charge is 0.251 e. The highest BCUT2D eigenvalue weighted by Crippen LogP contribution is 2.36. The summed E-state index contributed by atoms with van der Waals surface area (Å²) in [4.78, 5) is 11.9. The summed E-state index contributed by atoms with van der Waals surface area (Å²) in [5.41, 5.74) is 6.72. The Balaban J connectivity index is 1.93. The Morgan fingerprint density at radius 3 is 2.44 bits per heavy atom. The van der Waals surface area contributed by atoms with Gasteiger partial charge in [0.25, 0.3) is 5.91 Å². The molecule has 1 aromatic carbocycles. The van der Waals surface area contributed by atoms with Crippen molar-refractivity contribution in [2.45, 2.75) is 25.7 Å². The second-order valence-corrected chi connectivity index (χ2v) is 5.17. The molecule has 4 N–H and O–H groups in total. The molecule has 0 aromatic heterocycles. The average Bonchev–Trinajstić information content (AvgIpc) is 2.86. The Hall–Kier alpha value is -1.55. The Labute approximate surface area is 107 Å². The number of nitrogen functional groups attached to an aromatic ring is 1. The van der Waals surface area contributed by atoms with Crippen LogP contribution in [0.4, 0.5) is 5.69 Å². The highest BCUT2D eigenvalue weighted by molar-refractivity contribution is 5.94. The van der Waals surface area contributed by atoms with E-state index in [1.807, 2.05) is 0 Å². The SMILES string of the molecule is Nc1ccc(C(=O)NCC2(CO)CCCC2)cc1. The van der Waals surface area contributed by atoms with E-state index in [0.29, 0.717) is 17.8 Å². The van der Waals surface area contributed by atoms with E-state index in [0.717, 1.165) is 25.7 Å². The van der Waals surface area contributed by atoms with Gasteiger partial charge in [-0.15, -0.1) is 0 Å². The molecule has 2 rings (SSSR count). The second kappa shape index (κ2) is 5.40. The average molecular weight is 248 g/mol. The first-order chi connectivity index (χ1) is 8.65. The Bertz CT molecular complexity index is 408. The number of nitrogens with one attached hydrogen (secondary N) is 1. The fraction of sp³-hybridized carbons (Fsp3) is 0.500. The molecule has 0 unspecified atom stereocenters. The number of carbonyl (C=O) groups is 1. The second-order valence-electron chi connectivity index (χ2n) is 5.17. The van der Waals surface area contributed by atoms with Crippen molar-refractivity contribution in [1.29, 1.82) is 0 Å². The fourth-order valence-electron chi connectivity index (χ4n) is 2.52. The van der Waals surface area contributed by atoms with Crippen LogP contribution >= 0.6 is 0 Å². The van der Waals surface area contributed by atoms with E-state index in [1.54, 1.807) is 24.3 Å². The van der Waals surface area contributed by atoms with Crippen molar-refractivity contribution in [3.63, 3.8) is 0 Å². The predicted octanol–water partition coefficient (Wildman–Crippen LogP) is 1.55. The van der Waals surface area contributed by atoms with Gasteiger partial charge in [-0.1, -0.05) is 12.8 Å². The molecule has 0 radical (unpaired) electrons. The topological polar surface area (TPSA) is 75.4 Å². The number of carbonyl (C=O) groups excluding carboxylic acids is 1. The number of benzene rings is 1. The van der Waals surface area contributed by atoms with Crippen LogP contribution in [0.5, 0.6) is 0 Å². The van der Waals surface area contributed by atoms with E-state index < -0.39 is 0 Å². The van der Waals surface area contributed by atoms with E-state index >= 15 is 0 Å². The summed E-state index contributed by atoms with van der Waals surface area (Å²) in [5.74, 6) is -0.102. The molecule has 4 heteroatoms. The van der Waals surface area contributed by atoms with Gasteiger partial charge in [0.15, 0.2) is 0 Å². The zero-order valence-corrected chi connectivity index (χ0v) is 10.5. The van der Waals surface area contributed by atoms with Gasteiger partial charge in [0, 0.05) is 23.2 Å². The summed E-state index contributed by atoms with van der Waals surface area (Å²) in [6.07, 6.45) is 4.26. The molecule has 1 saturated carbocycles. The van der Waals surface area contributed by atoms with Gasteiger partial charge >= 0.3 is 0 Å². The van der Waals surface area contributed by atoms with Gasteiger partial charge < -0.3 is 16.2 Å².